The molecule has 1 amide bonds. The molecule has 0 aliphatic rings. The molecule has 0 fully saturated rings. The molecule has 4 aromatic rings. The zero-order valence-electron chi connectivity index (χ0n) is 16.6. The van der Waals surface area contributed by atoms with Crippen molar-refractivity contribution in [1.82, 2.24) is 19.9 Å². The molecule has 6 nitrogen and oxygen atoms in total. The Labute approximate surface area is 169 Å². The largest absolute Gasteiger partial charge is 0.495 e. The Balaban J connectivity index is 1.47. The number of pyridine rings is 2. The molecular formula is C23H22N4O2. The number of nitrogens with one attached hydrogen (secondary N) is 1. The van der Waals surface area contributed by atoms with E-state index >= 15 is 0 Å². The lowest BCUT2D eigenvalue weighted by Crippen LogP contribution is -2.23. The van der Waals surface area contributed by atoms with Crippen molar-refractivity contribution in [3.63, 3.8) is 0 Å². The standard InChI is InChI=1S/C23H22N4O2/c1-15-10-17(4-7-21(15)18-8-9-24-16(2)11-18)13-25-23(28)22-12-19-5-6-20(29-3)14-27(19)26-22/h4-12,14H,13H2,1-3H3,(H,25,28). The highest BCUT2D eigenvalue weighted by molar-refractivity contribution is 5.93. The maximum atomic E-state index is 12.5. The molecule has 3 aromatic heterocycles. The third-order valence-corrected chi connectivity index (χ3v) is 4.85. The van der Waals surface area contributed by atoms with E-state index in [1.165, 1.54) is 5.56 Å². The fraction of sp³-hybridized carbons (Fsp3) is 0.174. The molecule has 0 saturated heterocycles. The van der Waals surface area contributed by atoms with Gasteiger partial charge in [0.05, 0.1) is 18.8 Å². The summed E-state index contributed by atoms with van der Waals surface area (Å²) in [7, 11) is 1.60. The fourth-order valence-electron chi connectivity index (χ4n) is 3.35. The van der Waals surface area contributed by atoms with E-state index < -0.39 is 0 Å². The summed E-state index contributed by atoms with van der Waals surface area (Å²) >= 11 is 0. The number of fused-ring (bicyclic) bond motifs is 1. The molecule has 1 aromatic carbocycles. The number of aryl methyl sites for hydroxylation is 2. The maximum Gasteiger partial charge on any atom is 0.272 e. The van der Waals surface area contributed by atoms with Crippen LogP contribution in [-0.2, 0) is 6.54 Å². The summed E-state index contributed by atoms with van der Waals surface area (Å²) in [4.78, 5) is 16.8. The SMILES string of the molecule is COc1ccc2cc(C(=O)NCc3ccc(-c4ccnc(C)c4)c(C)c3)nn2c1. The first kappa shape index (κ1) is 18.7. The van der Waals surface area contributed by atoms with Gasteiger partial charge in [0.1, 0.15) is 5.75 Å². The van der Waals surface area contributed by atoms with Crippen LogP contribution in [0, 0.1) is 13.8 Å². The minimum Gasteiger partial charge on any atom is -0.495 e. The molecule has 146 valence electrons. The summed E-state index contributed by atoms with van der Waals surface area (Å²) in [5.41, 5.74) is 6.70. The molecule has 0 unspecified atom stereocenters. The van der Waals surface area contributed by atoms with Crippen molar-refractivity contribution in [2.24, 2.45) is 0 Å². The zero-order valence-corrected chi connectivity index (χ0v) is 16.6. The Morgan fingerprint density at radius 1 is 1.10 bits per heavy atom. The van der Waals surface area contributed by atoms with Gasteiger partial charge in [0.25, 0.3) is 5.91 Å². The Bertz CT molecular complexity index is 1200. The first-order valence-corrected chi connectivity index (χ1v) is 9.37. The van der Waals surface area contributed by atoms with Gasteiger partial charge in [-0.2, -0.15) is 5.10 Å². The smallest absolute Gasteiger partial charge is 0.272 e. The van der Waals surface area contributed by atoms with E-state index in [9.17, 15) is 4.79 Å². The highest BCUT2D eigenvalue weighted by atomic mass is 16.5. The van der Waals surface area contributed by atoms with Crippen LogP contribution in [-0.4, -0.2) is 27.6 Å². The van der Waals surface area contributed by atoms with Gasteiger partial charge in [-0.25, -0.2) is 4.52 Å². The minimum absolute atomic E-state index is 0.209. The van der Waals surface area contributed by atoms with E-state index in [0.717, 1.165) is 27.9 Å². The van der Waals surface area contributed by atoms with Crippen molar-refractivity contribution in [1.29, 1.82) is 0 Å². The van der Waals surface area contributed by atoms with Crippen molar-refractivity contribution in [3.8, 4) is 16.9 Å². The Hall–Kier alpha value is -3.67. The number of ether oxygens (including phenoxy) is 1. The van der Waals surface area contributed by atoms with Crippen LogP contribution in [0.25, 0.3) is 16.6 Å². The van der Waals surface area contributed by atoms with Gasteiger partial charge in [0, 0.05) is 18.4 Å². The van der Waals surface area contributed by atoms with Gasteiger partial charge in [0.15, 0.2) is 5.69 Å². The van der Waals surface area contributed by atoms with E-state index in [4.69, 9.17) is 4.74 Å². The second-order valence-corrected chi connectivity index (χ2v) is 6.99. The number of carbonyl (C=O) groups is 1. The summed E-state index contributed by atoms with van der Waals surface area (Å²) in [6, 6.07) is 15.8. The predicted molar refractivity (Wildman–Crippen MR) is 112 cm³/mol. The molecule has 4 rings (SSSR count). The number of benzene rings is 1. The van der Waals surface area contributed by atoms with Crippen LogP contribution < -0.4 is 10.1 Å². The van der Waals surface area contributed by atoms with E-state index in [-0.39, 0.29) is 5.91 Å². The van der Waals surface area contributed by atoms with E-state index in [0.29, 0.717) is 18.0 Å². The monoisotopic (exact) mass is 386 g/mol. The number of carbonyl (C=O) groups excluding carboxylic acids is 1. The third-order valence-electron chi connectivity index (χ3n) is 4.85. The number of hydrogen-bond donors (Lipinski definition) is 1. The summed E-state index contributed by atoms with van der Waals surface area (Å²) in [5.74, 6) is 0.478. The highest BCUT2D eigenvalue weighted by Gasteiger charge is 2.12. The first-order chi connectivity index (χ1) is 14.0. The molecule has 0 aliphatic heterocycles. The normalized spacial score (nSPS) is 10.9. The zero-order chi connectivity index (χ0) is 20.4. The molecule has 0 saturated carbocycles. The third kappa shape index (κ3) is 3.96. The number of amides is 1. The van der Waals surface area contributed by atoms with Crippen molar-refractivity contribution in [3.05, 3.63) is 83.4 Å². The molecule has 1 N–H and O–H groups in total. The molecule has 29 heavy (non-hydrogen) atoms. The number of methoxy groups -OCH3 is 1. The second kappa shape index (κ2) is 7.75. The molecule has 0 bridgehead atoms. The van der Waals surface area contributed by atoms with Crippen LogP contribution >= 0.6 is 0 Å². The maximum absolute atomic E-state index is 12.5. The average Bonchev–Trinajstić information content (AvgIpc) is 3.15. The number of rotatable bonds is 5. The minimum atomic E-state index is -0.209. The van der Waals surface area contributed by atoms with Crippen molar-refractivity contribution in [2.75, 3.05) is 7.11 Å². The van der Waals surface area contributed by atoms with Crippen molar-refractivity contribution in [2.45, 2.75) is 20.4 Å². The summed E-state index contributed by atoms with van der Waals surface area (Å²) in [6.45, 7) is 4.50. The van der Waals surface area contributed by atoms with Crippen molar-refractivity contribution >= 4 is 11.4 Å². The summed E-state index contributed by atoms with van der Waals surface area (Å²) in [6.07, 6.45) is 3.57. The first-order valence-electron chi connectivity index (χ1n) is 9.37. The lowest BCUT2D eigenvalue weighted by Gasteiger charge is -2.10. The summed E-state index contributed by atoms with van der Waals surface area (Å²) < 4.78 is 6.83. The predicted octanol–water partition coefficient (Wildman–Crippen LogP) is 3.95. The van der Waals surface area contributed by atoms with E-state index in [1.54, 1.807) is 23.9 Å². The van der Waals surface area contributed by atoms with Gasteiger partial charge in [-0.1, -0.05) is 18.2 Å². The van der Waals surface area contributed by atoms with Gasteiger partial charge in [-0.15, -0.1) is 0 Å². The molecule has 6 heteroatoms. The Morgan fingerprint density at radius 3 is 2.72 bits per heavy atom. The van der Waals surface area contributed by atoms with Crippen LogP contribution in [0.2, 0.25) is 0 Å². The van der Waals surface area contributed by atoms with Crippen LogP contribution in [0.15, 0.2) is 60.9 Å². The highest BCUT2D eigenvalue weighted by Crippen LogP contribution is 2.24. The molecule has 0 spiro atoms. The summed E-state index contributed by atoms with van der Waals surface area (Å²) in [5, 5.41) is 7.28. The fourth-order valence-corrected chi connectivity index (χ4v) is 3.35. The van der Waals surface area contributed by atoms with Crippen LogP contribution in [0.1, 0.15) is 27.3 Å². The van der Waals surface area contributed by atoms with E-state index in [2.05, 4.69) is 40.5 Å². The van der Waals surface area contributed by atoms with Crippen molar-refractivity contribution < 1.29 is 9.53 Å². The van der Waals surface area contributed by atoms with E-state index in [1.807, 2.05) is 37.4 Å². The second-order valence-electron chi connectivity index (χ2n) is 6.99. The molecule has 3 heterocycles. The Kier molecular flexibility index (Phi) is 4.99. The number of aromatic nitrogens is 3. The van der Waals surface area contributed by atoms with Gasteiger partial charge in [-0.3, -0.25) is 9.78 Å². The molecule has 0 atom stereocenters. The number of hydrogen-bond acceptors (Lipinski definition) is 4. The lowest BCUT2D eigenvalue weighted by atomic mass is 9.98. The molecule has 0 aliphatic carbocycles. The van der Waals surface area contributed by atoms with Gasteiger partial charge < -0.3 is 10.1 Å². The van der Waals surface area contributed by atoms with Crippen LogP contribution in [0.3, 0.4) is 0 Å². The molecule has 0 radical (unpaired) electrons. The van der Waals surface area contributed by atoms with Crippen LogP contribution in [0.5, 0.6) is 5.75 Å². The average molecular weight is 386 g/mol. The van der Waals surface area contributed by atoms with Gasteiger partial charge in [-0.05, 0) is 66.4 Å². The van der Waals surface area contributed by atoms with Gasteiger partial charge >= 0.3 is 0 Å². The topological polar surface area (TPSA) is 68.5 Å². The quantitative estimate of drug-likeness (QED) is 0.564. The van der Waals surface area contributed by atoms with Gasteiger partial charge in [0.2, 0.25) is 0 Å². The Morgan fingerprint density at radius 2 is 1.97 bits per heavy atom. The molecular weight excluding hydrogens is 364 g/mol. The van der Waals surface area contributed by atoms with Crippen LogP contribution in [0.4, 0.5) is 0 Å². The lowest BCUT2D eigenvalue weighted by molar-refractivity contribution is 0.0945. The number of nitrogens with zero attached hydrogens (tertiary/aromatic N) is 3.